The Morgan fingerprint density at radius 2 is 1.48 bits per heavy atom. The average molecular weight is 412 g/mol. The van der Waals surface area contributed by atoms with Crippen molar-refractivity contribution in [1.29, 1.82) is 0 Å². The number of nitrogens with one attached hydrogen (secondary N) is 2. The fourth-order valence-corrected chi connectivity index (χ4v) is 4.23. The first-order chi connectivity index (χ1) is 14.1. The van der Waals surface area contributed by atoms with Gasteiger partial charge in [-0.15, -0.1) is 0 Å². The minimum absolute atomic E-state index is 0.0104. The van der Waals surface area contributed by atoms with E-state index >= 15 is 0 Å². The molecule has 5 nitrogen and oxygen atoms in total. The van der Waals surface area contributed by atoms with Gasteiger partial charge < -0.3 is 15.5 Å². The normalized spacial score (nSPS) is 21.2. The summed E-state index contributed by atoms with van der Waals surface area (Å²) in [5.41, 5.74) is 2.51. The number of halogens is 1. The second-order valence-corrected chi connectivity index (χ2v) is 8.28. The highest BCUT2D eigenvalue weighted by Crippen LogP contribution is 2.50. The zero-order valence-electron chi connectivity index (χ0n) is 16.4. The van der Waals surface area contributed by atoms with Gasteiger partial charge in [-0.2, -0.15) is 0 Å². The van der Waals surface area contributed by atoms with Gasteiger partial charge >= 0.3 is 6.03 Å². The fourth-order valence-electron chi connectivity index (χ4n) is 3.95. The van der Waals surface area contributed by atoms with Crippen LogP contribution in [-0.2, 0) is 4.79 Å². The van der Waals surface area contributed by atoms with Crippen LogP contribution >= 0.6 is 11.6 Å². The van der Waals surface area contributed by atoms with Crippen LogP contribution < -0.4 is 10.6 Å². The summed E-state index contributed by atoms with van der Waals surface area (Å²) >= 11 is 6.24. The number of hydrogen-bond donors (Lipinski definition) is 2. The standard InChI is InChI=1S/C23H26ClN3O2/c24-21-8-4-3-7-18(21)19-15-20(19)22(28)25-16-9-11-17(12-10-16)26-23(29)27-13-5-1-2-6-14-27/h3-4,7-12,19-20H,1-2,5-6,13-15H2,(H,25,28)(H,26,29). The first kappa shape index (κ1) is 19.8. The van der Waals surface area contributed by atoms with Gasteiger partial charge in [-0.05, 0) is 61.1 Å². The number of likely N-dealkylation sites (tertiary alicyclic amines) is 1. The van der Waals surface area contributed by atoms with E-state index in [4.69, 9.17) is 11.6 Å². The van der Waals surface area contributed by atoms with Crippen LogP contribution in [0.25, 0.3) is 0 Å². The predicted octanol–water partition coefficient (Wildman–Crippen LogP) is 5.49. The molecule has 1 aliphatic heterocycles. The fraction of sp³-hybridized carbons (Fsp3) is 0.391. The van der Waals surface area contributed by atoms with Gasteiger partial charge in [0.2, 0.25) is 5.91 Å². The number of nitrogens with zero attached hydrogens (tertiary/aromatic N) is 1. The number of carbonyl (C=O) groups is 2. The summed E-state index contributed by atoms with van der Waals surface area (Å²) in [7, 11) is 0. The third-order valence-electron chi connectivity index (χ3n) is 5.73. The molecule has 1 saturated heterocycles. The third-order valence-corrected chi connectivity index (χ3v) is 6.07. The summed E-state index contributed by atoms with van der Waals surface area (Å²) in [5.74, 6) is 0.157. The minimum atomic E-state index is -0.0516. The summed E-state index contributed by atoms with van der Waals surface area (Å²) in [6.07, 6.45) is 5.33. The topological polar surface area (TPSA) is 61.4 Å². The molecule has 3 amide bonds. The van der Waals surface area contributed by atoms with Gasteiger partial charge in [-0.1, -0.05) is 42.6 Å². The van der Waals surface area contributed by atoms with Gasteiger partial charge in [0, 0.05) is 35.4 Å². The highest BCUT2D eigenvalue weighted by atomic mass is 35.5. The van der Waals surface area contributed by atoms with Crippen LogP contribution in [0, 0.1) is 5.92 Å². The zero-order chi connectivity index (χ0) is 20.2. The Morgan fingerprint density at radius 1 is 0.862 bits per heavy atom. The molecule has 1 heterocycles. The second-order valence-electron chi connectivity index (χ2n) is 7.87. The Balaban J connectivity index is 1.30. The van der Waals surface area contributed by atoms with Crippen molar-refractivity contribution in [2.75, 3.05) is 23.7 Å². The predicted molar refractivity (Wildman–Crippen MR) is 116 cm³/mol. The van der Waals surface area contributed by atoms with Crippen molar-refractivity contribution in [3.05, 3.63) is 59.1 Å². The van der Waals surface area contributed by atoms with E-state index in [1.165, 1.54) is 12.8 Å². The van der Waals surface area contributed by atoms with E-state index in [-0.39, 0.29) is 23.8 Å². The first-order valence-electron chi connectivity index (χ1n) is 10.3. The van der Waals surface area contributed by atoms with E-state index in [0.717, 1.165) is 54.3 Å². The van der Waals surface area contributed by atoms with Crippen LogP contribution in [0.4, 0.5) is 16.2 Å². The Hall–Kier alpha value is -2.53. The quantitative estimate of drug-likeness (QED) is 0.698. The molecule has 2 aliphatic rings. The van der Waals surface area contributed by atoms with Crippen LogP contribution in [-0.4, -0.2) is 29.9 Å². The highest BCUT2D eigenvalue weighted by molar-refractivity contribution is 6.31. The summed E-state index contributed by atoms with van der Waals surface area (Å²) in [6, 6.07) is 14.9. The molecule has 2 N–H and O–H groups in total. The summed E-state index contributed by atoms with van der Waals surface area (Å²) in [4.78, 5) is 26.8. The summed E-state index contributed by atoms with van der Waals surface area (Å²) in [5, 5.41) is 6.64. The van der Waals surface area contributed by atoms with Crippen molar-refractivity contribution in [3.63, 3.8) is 0 Å². The van der Waals surface area contributed by atoms with Crippen LogP contribution in [0.2, 0.25) is 5.02 Å². The average Bonchev–Trinajstić information content (AvgIpc) is 3.54. The molecule has 2 atom stereocenters. The molecule has 4 rings (SSSR count). The number of urea groups is 1. The van der Waals surface area contributed by atoms with E-state index in [0.29, 0.717) is 0 Å². The molecule has 1 aliphatic carbocycles. The zero-order valence-corrected chi connectivity index (χ0v) is 17.1. The maximum Gasteiger partial charge on any atom is 0.321 e. The van der Waals surface area contributed by atoms with Crippen molar-refractivity contribution in [1.82, 2.24) is 4.90 Å². The van der Waals surface area contributed by atoms with Crippen LogP contribution in [0.15, 0.2) is 48.5 Å². The Morgan fingerprint density at radius 3 is 2.14 bits per heavy atom. The van der Waals surface area contributed by atoms with E-state index < -0.39 is 0 Å². The molecule has 2 fully saturated rings. The van der Waals surface area contributed by atoms with Crippen LogP contribution in [0.3, 0.4) is 0 Å². The monoisotopic (exact) mass is 411 g/mol. The van der Waals surface area contributed by atoms with Crippen molar-refractivity contribution < 1.29 is 9.59 Å². The van der Waals surface area contributed by atoms with Crippen molar-refractivity contribution in [2.45, 2.75) is 38.0 Å². The third kappa shape index (κ3) is 4.91. The van der Waals surface area contributed by atoms with Crippen LogP contribution in [0.1, 0.15) is 43.6 Å². The smallest absolute Gasteiger partial charge is 0.321 e. The molecular weight excluding hydrogens is 386 g/mol. The highest BCUT2D eigenvalue weighted by Gasteiger charge is 2.44. The van der Waals surface area contributed by atoms with Crippen molar-refractivity contribution in [2.24, 2.45) is 5.92 Å². The second kappa shape index (κ2) is 8.87. The molecule has 2 unspecified atom stereocenters. The first-order valence-corrected chi connectivity index (χ1v) is 10.7. The SMILES string of the molecule is O=C(Nc1ccc(NC(=O)N2CCCCCC2)cc1)C1CC1c1ccccc1Cl. The molecule has 0 radical (unpaired) electrons. The van der Waals surface area contributed by atoms with E-state index in [9.17, 15) is 9.59 Å². The summed E-state index contributed by atoms with van der Waals surface area (Å²) < 4.78 is 0. The lowest BCUT2D eigenvalue weighted by Gasteiger charge is -2.20. The van der Waals surface area contributed by atoms with Crippen LogP contribution in [0.5, 0.6) is 0 Å². The molecule has 0 aromatic heterocycles. The lowest BCUT2D eigenvalue weighted by Crippen LogP contribution is -2.35. The maximum absolute atomic E-state index is 12.5. The molecular formula is C23H26ClN3O2. The molecule has 0 bridgehead atoms. The molecule has 1 saturated carbocycles. The van der Waals surface area contributed by atoms with Gasteiger partial charge in [0.15, 0.2) is 0 Å². The van der Waals surface area contributed by atoms with Gasteiger partial charge in [-0.3, -0.25) is 4.79 Å². The number of rotatable bonds is 4. The van der Waals surface area contributed by atoms with Gasteiger partial charge in [0.25, 0.3) is 0 Å². The van der Waals surface area contributed by atoms with Crippen molar-refractivity contribution >= 4 is 34.9 Å². The van der Waals surface area contributed by atoms with Gasteiger partial charge in [-0.25, -0.2) is 4.79 Å². The van der Waals surface area contributed by atoms with Crippen molar-refractivity contribution in [3.8, 4) is 0 Å². The minimum Gasteiger partial charge on any atom is -0.326 e. The number of amides is 3. The van der Waals surface area contributed by atoms with Gasteiger partial charge in [0.05, 0.1) is 0 Å². The molecule has 6 heteroatoms. The number of benzene rings is 2. The molecule has 152 valence electrons. The molecule has 2 aromatic carbocycles. The van der Waals surface area contributed by atoms with E-state index in [1.54, 1.807) is 0 Å². The van der Waals surface area contributed by atoms with Gasteiger partial charge in [0.1, 0.15) is 0 Å². The Kier molecular flexibility index (Phi) is 6.05. The lowest BCUT2D eigenvalue weighted by molar-refractivity contribution is -0.117. The molecule has 0 spiro atoms. The molecule has 29 heavy (non-hydrogen) atoms. The number of hydrogen-bond acceptors (Lipinski definition) is 2. The maximum atomic E-state index is 12.5. The summed E-state index contributed by atoms with van der Waals surface area (Å²) in [6.45, 7) is 1.63. The number of anilines is 2. The van der Waals surface area contributed by atoms with E-state index in [2.05, 4.69) is 10.6 Å². The Labute approximate surface area is 176 Å². The lowest BCUT2D eigenvalue weighted by atomic mass is 10.1. The van der Waals surface area contributed by atoms with E-state index in [1.807, 2.05) is 53.4 Å². The number of carbonyl (C=O) groups excluding carboxylic acids is 2. The Bertz CT molecular complexity index is 876. The largest absolute Gasteiger partial charge is 0.326 e. The molecule has 2 aromatic rings.